The van der Waals surface area contributed by atoms with Gasteiger partial charge in [-0.2, -0.15) is 0 Å². The van der Waals surface area contributed by atoms with Gasteiger partial charge in [0, 0.05) is 19.2 Å². The Balaban J connectivity index is 1.65. The summed E-state index contributed by atoms with van der Waals surface area (Å²) in [6.07, 6.45) is 6.56. The van der Waals surface area contributed by atoms with Gasteiger partial charge in [0.2, 0.25) is 0 Å². The first-order chi connectivity index (χ1) is 7.68. The summed E-state index contributed by atoms with van der Waals surface area (Å²) in [6, 6.07) is 0. The van der Waals surface area contributed by atoms with Crippen LogP contribution >= 0.6 is 0 Å². The second-order valence-corrected chi connectivity index (χ2v) is 5.14. The van der Waals surface area contributed by atoms with Crippen LogP contribution < -0.4 is 0 Å². The second kappa shape index (κ2) is 3.30. The maximum absolute atomic E-state index is 11.0. The SMILES string of the molecule is O=C(O)C1(Cc2cn(CC3CC3)nn2)CC1. The number of rotatable bonds is 5. The maximum Gasteiger partial charge on any atom is 0.310 e. The molecule has 5 nitrogen and oxygen atoms in total. The van der Waals surface area contributed by atoms with E-state index < -0.39 is 11.4 Å². The van der Waals surface area contributed by atoms with Gasteiger partial charge in [-0.15, -0.1) is 5.10 Å². The Labute approximate surface area is 93.5 Å². The highest BCUT2D eigenvalue weighted by Crippen LogP contribution is 2.48. The molecule has 1 heterocycles. The molecule has 2 aliphatic carbocycles. The van der Waals surface area contributed by atoms with Crippen molar-refractivity contribution in [2.24, 2.45) is 11.3 Å². The minimum Gasteiger partial charge on any atom is -0.481 e. The molecule has 0 aliphatic heterocycles. The fourth-order valence-corrected chi connectivity index (χ4v) is 2.04. The summed E-state index contributed by atoms with van der Waals surface area (Å²) in [5.74, 6) is 0.0770. The van der Waals surface area contributed by atoms with Crippen molar-refractivity contribution in [1.82, 2.24) is 15.0 Å². The molecule has 0 aromatic carbocycles. The zero-order valence-corrected chi connectivity index (χ0v) is 9.09. The minimum atomic E-state index is -0.691. The van der Waals surface area contributed by atoms with Gasteiger partial charge in [0.15, 0.2) is 0 Å². The van der Waals surface area contributed by atoms with Crippen molar-refractivity contribution in [2.75, 3.05) is 0 Å². The molecule has 1 aromatic rings. The number of carboxylic acids is 1. The van der Waals surface area contributed by atoms with Crippen LogP contribution in [0.5, 0.6) is 0 Å². The van der Waals surface area contributed by atoms with Gasteiger partial charge in [0.05, 0.1) is 11.1 Å². The zero-order valence-electron chi connectivity index (χ0n) is 9.09. The van der Waals surface area contributed by atoms with Crippen molar-refractivity contribution in [2.45, 2.75) is 38.6 Å². The highest BCUT2D eigenvalue weighted by Gasteiger charge is 2.50. The van der Waals surface area contributed by atoms with Crippen molar-refractivity contribution < 1.29 is 9.90 Å². The largest absolute Gasteiger partial charge is 0.481 e. The van der Waals surface area contributed by atoms with Crippen molar-refractivity contribution in [3.8, 4) is 0 Å². The van der Waals surface area contributed by atoms with Crippen LogP contribution in [0.3, 0.4) is 0 Å². The number of nitrogens with zero attached hydrogens (tertiary/aromatic N) is 3. The Bertz CT molecular complexity index is 419. The Morgan fingerprint density at radius 2 is 2.31 bits per heavy atom. The van der Waals surface area contributed by atoms with Crippen LogP contribution in [0.2, 0.25) is 0 Å². The van der Waals surface area contributed by atoms with E-state index in [4.69, 9.17) is 5.11 Å². The Morgan fingerprint density at radius 1 is 1.56 bits per heavy atom. The first-order valence-electron chi connectivity index (χ1n) is 5.80. The molecule has 5 heteroatoms. The van der Waals surface area contributed by atoms with E-state index >= 15 is 0 Å². The lowest BCUT2D eigenvalue weighted by Crippen LogP contribution is -2.17. The molecule has 16 heavy (non-hydrogen) atoms. The van der Waals surface area contributed by atoms with E-state index in [-0.39, 0.29) is 0 Å². The molecule has 86 valence electrons. The first-order valence-corrected chi connectivity index (χ1v) is 5.80. The average molecular weight is 221 g/mol. The van der Waals surface area contributed by atoms with Gasteiger partial charge in [-0.25, -0.2) is 0 Å². The monoisotopic (exact) mass is 221 g/mol. The quantitative estimate of drug-likeness (QED) is 0.808. The zero-order chi connectivity index (χ0) is 11.2. The number of hydrogen-bond donors (Lipinski definition) is 1. The van der Waals surface area contributed by atoms with E-state index in [0.717, 1.165) is 31.0 Å². The van der Waals surface area contributed by atoms with Gasteiger partial charge >= 0.3 is 5.97 Å². The molecule has 1 N–H and O–H groups in total. The minimum absolute atomic E-state index is 0.527. The molecule has 0 radical (unpaired) electrons. The van der Waals surface area contributed by atoms with Crippen LogP contribution in [0.25, 0.3) is 0 Å². The van der Waals surface area contributed by atoms with Crippen LogP contribution in [-0.2, 0) is 17.8 Å². The molecule has 2 saturated carbocycles. The van der Waals surface area contributed by atoms with Gasteiger partial charge < -0.3 is 5.11 Å². The van der Waals surface area contributed by atoms with E-state index in [9.17, 15) is 4.79 Å². The van der Waals surface area contributed by atoms with E-state index in [1.54, 1.807) is 0 Å². The van der Waals surface area contributed by atoms with Crippen molar-refractivity contribution in [3.63, 3.8) is 0 Å². The number of carboxylic acid groups (broad SMARTS) is 1. The second-order valence-electron chi connectivity index (χ2n) is 5.14. The number of carbonyl (C=O) groups is 1. The highest BCUT2D eigenvalue weighted by atomic mass is 16.4. The Morgan fingerprint density at radius 3 is 2.88 bits per heavy atom. The Kier molecular flexibility index (Phi) is 2.02. The summed E-state index contributed by atoms with van der Waals surface area (Å²) in [5, 5.41) is 17.2. The summed E-state index contributed by atoms with van der Waals surface area (Å²) in [7, 11) is 0. The molecule has 0 spiro atoms. The third kappa shape index (κ3) is 1.81. The van der Waals surface area contributed by atoms with Crippen LogP contribution in [0.1, 0.15) is 31.4 Å². The smallest absolute Gasteiger partial charge is 0.310 e. The van der Waals surface area contributed by atoms with Gasteiger partial charge in [0.25, 0.3) is 0 Å². The van der Waals surface area contributed by atoms with Gasteiger partial charge in [-0.1, -0.05) is 5.21 Å². The predicted molar refractivity (Wildman–Crippen MR) is 55.8 cm³/mol. The third-order valence-corrected chi connectivity index (χ3v) is 3.56. The lowest BCUT2D eigenvalue weighted by molar-refractivity contribution is -0.143. The molecule has 2 fully saturated rings. The molecule has 0 saturated heterocycles. The van der Waals surface area contributed by atoms with Gasteiger partial charge in [-0.05, 0) is 31.6 Å². The summed E-state index contributed by atoms with van der Waals surface area (Å²) in [4.78, 5) is 11.0. The van der Waals surface area contributed by atoms with Crippen molar-refractivity contribution in [3.05, 3.63) is 11.9 Å². The van der Waals surface area contributed by atoms with Crippen LogP contribution in [0.15, 0.2) is 6.20 Å². The number of aliphatic carboxylic acids is 1. The predicted octanol–water partition coefficient (Wildman–Crippen LogP) is 1.10. The normalized spacial score (nSPS) is 22.0. The highest BCUT2D eigenvalue weighted by molar-refractivity contribution is 5.78. The lowest BCUT2D eigenvalue weighted by Gasteiger charge is -2.05. The standard InChI is InChI=1S/C11H15N3O2/c15-10(16)11(3-4-11)5-9-7-14(13-12-9)6-8-1-2-8/h7-8H,1-6H2,(H,15,16). The number of aromatic nitrogens is 3. The van der Waals surface area contributed by atoms with Crippen LogP contribution in [-0.4, -0.2) is 26.1 Å². The molecule has 3 rings (SSSR count). The first kappa shape index (κ1) is 9.81. The van der Waals surface area contributed by atoms with Gasteiger partial charge in [0.1, 0.15) is 0 Å². The summed E-state index contributed by atoms with van der Waals surface area (Å²) >= 11 is 0. The lowest BCUT2D eigenvalue weighted by atomic mass is 10.0. The fourth-order valence-electron chi connectivity index (χ4n) is 2.04. The molecular weight excluding hydrogens is 206 g/mol. The van der Waals surface area contributed by atoms with Gasteiger partial charge in [-0.3, -0.25) is 9.48 Å². The average Bonchev–Trinajstić information content (AvgIpc) is 3.10. The van der Waals surface area contributed by atoms with Crippen molar-refractivity contribution >= 4 is 5.97 Å². The Hall–Kier alpha value is -1.39. The van der Waals surface area contributed by atoms with Crippen LogP contribution in [0, 0.1) is 11.3 Å². The number of hydrogen-bond acceptors (Lipinski definition) is 3. The van der Waals surface area contributed by atoms with E-state index in [1.165, 1.54) is 12.8 Å². The van der Waals surface area contributed by atoms with Crippen molar-refractivity contribution in [1.29, 1.82) is 0 Å². The van der Waals surface area contributed by atoms with E-state index in [2.05, 4.69) is 10.3 Å². The summed E-state index contributed by atoms with van der Waals surface area (Å²) in [5.41, 5.74) is 0.293. The molecule has 0 atom stereocenters. The molecular formula is C11H15N3O2. The van der Waals surface area contributed by atoms with E-state index in [1.807, 2.05) is 10.9 Å². The molecule has 0 bridgehead atoms. The topological polar surface area (TPSA) is 68.0 Å². The molecule has 2 aliphatic rings. The maximum atomic E-state index is 11.0. The molecule has 1 aromatic heterocycles. The van der Waals surface area contributed by atoms with Crippen LogP contribution in [0.4, 0.5) is 0 Å². The molecule has 0 unspecified atom stereocenters. The molecule has 0 amide bonds. The summed E-state index contributed by atoms with van der Waals surface area (Å²) in [6.45, 7) is 0.938. The summed E-state index contributed by atoms with van der Waals surface area (Å²) < 4.78 is 1.85. The third-order valence-electron chi connectivity index (χ3n) is 3.56. The fraction of sp³-hybridized carbons (Fsp3) is 0.727. The van der Waals surface area contributed by atoms with E-state index in [0.29, 0.717) is 6.42 Å².